The fourth-order valence-corrected chi connectivity index (χ4v) is 1.48. The molecule has 3 rings (SSSR count). The number of nitrogens with zero attached hydrogens (tertiary/aromatic N) is 3. The number of carbonyl (C=O) groups excluding carboxylic acids is 3. The van der Waals surface area contributed by atoms with Crippen LogP contribution in [0.3, 0.4) is 0 Å². The van der Waals surface area contributed by atoms with E-state index in [1.165, 1.54) is 0 Å². The topological polar surface area (TPSA) is 176 Å². The summed E-state index contributed by atoms with van der Waals surface area (Å²) in [6, 6.07) is 0. The van der Waals surface area contributed by atoms with Crippen LogP contribution in [0.2, 0.25) is 0 Å². The molecule has 0 unspecified atom stereocenters. The van der Waals surface area contributed by atoms with Gasteiger partial charge in [0.25, 0.3) is 0 Å². The molecule has 13 heteroatoms. The van der Waals surface area contributed by atoms with Crippen molar-refractivity contribution in [1.82, 2.24) is 0 Å². The normalized spacial score (nSPS) is 16.4. The fraction of sp³-hybridized carbons (Fsp3) is 0.526. The van der Waals surface area contributed by atoms with E-state index in [1.54, 1.807) is 0 Å². The van der Waals surface area contributed by atoms with Crippen LogP contribution in [0.1, 0.15) is 46.0 Å². The van der Waals surface area contributed by atoms with Crippen LogP contribution >= 0.6 is 0 Å². The molecule has 3 aliphatic rings. The van der Waals surface area contributed by atoms with Crippen LogP contribution < -0.4 is 0 Å². The second kappa shape index (κ2) is 18.4. The molecule has 0 atom stereocenters. The largest absolute Gasteiger partial charge is 0.545 e. The third kappa shape index (κ3) is 11.7. The Labute approximate surface area is 200 Å². The van der Waals surface area contributed by atoms with Crippen molar-refractivity contribution in [2.75, 3.05) is 0 Å². The molecular formula is C19H22MoN3O9-3. The molecule has 3 N–H and O–H groups in total. The summed E-state index contributed by atoms with van der Waals surface area (Å²) in [6.07, 6.45) is 3.20. The monoisotopic (exact) mass is 534 g/mol. The molecule has 32 heavy (non-hydrogen) atoms. The first kappa shape index (κ1) is 39.1. The summed E-state index contributed by atoms with van der Waals surface area (Å²) in [5.74, 6) is -2.90. The first-order valence-corrected chi connectivity index (χ1v) is 7.70. The number of hydrogen-bond acceptors (Lipinski definition) is 6. The molecule has 3 saturated carbocycles. The van der Waals surface area contributed by atoms with Gasteiger partial charge in [0, 0.05) is 59.6 Å². The molecule has 0 aliphatic heterocycles. The Morgan fingerprint density at radius 1 is 0.562 bits per heavy atom. The van der Waals surface area contributed by atoms with E-state index in [0.29, 0.717) is 38.5 Å². The van der Waals surface area contributed by atoms with Crippen molar-refractivity contribution in [3.63, 3.8) is 0 Å². The minimum Gasteiger partial charge on any atom is -0.545 e. The van der Waals surface area contributed by atoms with Gasteiger partial charge in [0.15, 0.2) is 0 Å². The molecule has 0 aromatic carbocycles. The van der Waals surface area contributed by atoms with Crippen molar-refractivity contribution in [3.8, 4) is 0 Å². The molecule has 0 amide bonds. The minimum atomic E-state index is -1.00. The Kier molecular flexibility index (Phi) is 22.4. The van der Waals surface area contributed by atoms with Gasteiger partial charge in [-0.1, -0.05) is 7.43 Å². The molecule has 0 aromatic heterocycles. The number of aliphatic carboxylic acids is 3. The molecule has 0 aromatic rings. The fourth-order valence-electron chi connectivity index (χ4n) is 1.48. The van der Waals surface area contributed by atoms with Gasteiger partial charge in [-0.2, -0.15) is 0 Å². The first-order chi connectivity index (χ1) is 14.1. The van der Waals surface area contributed by atoms with Crippen LogP contribution in [-0.4, -0.2) is 70.2 Å². The third-order valence-corrected chi connectivity index (χ3v) is 4.01. The van der Waals surface area contributed by atoms with E-state index in [1.807, 2.05) is 0 Å². The molecule has 0 radical (unpaired) electrons. The van der Waals surface area contributed by atoms with Gasteiger partial charge >= 0.3 is 34.5 Å². The zero-order chi connectivity index (χ0) is 24.6. The van der Waals surface area contributed by atoms with E-state index in [-0.39, 0.29) is 28.5 Å². The summed E-state index contributed by atoms with van der Waals surface area (Å²) in [4.78, 5) is 62.5. The van der Waals surface area contributed by atoms with E-state index in [4.69, 9.17) is 49.4 Å². The Morgan fingerprint density at radius 3 is 0.688 bits per heavy atom. The van der Waals surface area contributed by atoms with Crippen molar-refractivity contribution >= 4 is 38.3 Å². The molecular weight excluding hydrogens is 510 g/mol. The van der Waals surface area contributed by atoms with Gasteiger partial charge < -0.3 is 29.7 Å². The number of carbonyl (C=O) groups is 3. The van der Waals surface area contributed by atoms with Gasteiger partial charge in [-0.15, -0.1) is 0 Å². The average Bonchev–Trinajstić information content (AvgIpc) is 3.64. The maximum atomic E-state index is 10.1. The predicted octanol–water partition coefficient (Wildman–Crippen LogP) is 1.38. The minimum absolute atomic E-state index is 0. The first-order valence-electron chi connectivity index (χ1n) is 7.70. The standard InChI is InChI=1S/3C5H5NO2.3CHO.CH4.Mo/c3*1-6-5(2-3-5)4(7)8;3*1-2;;/h3*2-3H2,(H,7,8);3*1H;1H4;/q;;;3*-1;;. The summed E-state index contributed by atoms with van der Waals surface area (Å²) < 4.78 is 0. The van der Waals surface area contributed by atoms with Gasteiger partial charge in [-0.3, -0.25) is 34.9 Å². The molecule has 0 saturated heterocycles. The summed E-state index contributed by atoms with van der Waals surface area (Å²) in [7, 11) is 0. The molecule has 176 valence electrons. The molecule has 3 fully saturated rings. The van der Waals surface area contributed by atoms with Crippen LogP contribution in [0.25, 0.3) is 14.5 Å². The van der Waals surface area contributed by atoms with Crippen LogP contribution in [-0.2, 0) is 49.8 Å². The van der Waals surface area contributed by atoms with E-state index < -0.39 is 34.5 Å². The summed E-state index contributed by atoms with van der Waals surface area (Å²) in [6.45, 7) is 29.1. The quantitative estimate of drug-likeness (QED) is 0.275. The second-order valence-corrected chi connectivity index (χ2v) is 5.85. The van der Waals surface area contributed by atoms with Gasteiger partial charge in [-0.25, -0.2) is 34.1 Å². The summed E-state index contributed by atoms with van der Waals surface area (Å²) >= 11 is 0. The number of hydrogen-bond donors (Lipinski definition) is 3. The van der Waals surface area contributed by atoms with Crippen molar-refractivity contribution in [1.29, 1.82) is 0 Å². The summed E-state index contributed by atoms with van der Waals surface area (Å²) in [5, 5.41) is 24.9. The van der Waals surface area contributed by atoms with E-state index in [9.17, 15) is 14.4 Å². The molecule has 0 heterocycles. The average molecular weight is 532 g/mol. The number of carboxylic acids is 3. The van der Waals surface area contributed by atoms with Crippen molar-refractivity contribution in [3.05, 3.63) is 34.3 Å². The molecule has 12 nitrogen and oxygen atoms in total. The van der Waals surface area contributed by atoms with Crippen molar-refractivity contribution < 1.29 is 65.2 Å². The zero-order valence-electron chi connectivity index (χ0n) is 16.0. The molecule has 3 aliphatic carbocycles. The Bertz CT molecular complexity index is 641. The molecule has 0 spiro atoms. The van der Waals surface area contributed by atoms with E-state index in [0.717, 1.165) is 0 Å². The van der Waals surface area contributed by atoms with Crippen LogP contribution in [0.4, 0.5) is 0 Å². The Morgan fingerprint density at radius 2 is 0.688 bits per heavy atom. The SMILES string of the molecule is C.[C-]#[N+]C1(C(=O)O)CC1.[C-]#[N+]C1(C(=O)O)CC1.[C-]#[N+]C1(C(=O)O)CC1.[CH-]=O.[CH-]=O.[CH-]=O.[Mo]. The number of carboxylic acid groups (broad SMARTS) is 3. The second-order valence-electron chi connectivity index (χ2n) is 5.85. The van der Waals surface area contributed by atoms with Crippen LogP contribution in [0.15, 0.2) is 0 Å². The van der Waals surface area contributed by atoms with E-state index in [2.05, 4.69) is 34.9 Å². The Hall–Kier alpha value is -3.42. The van der Waals surface area contributed by atoms with Gasteiger partial charge in [0.2, 0.25) is 0 Å². The van der Waals surface area contributed by atoms with Gasteiger partial charge in [0.05, 0.1) is 0 Å². The third-order valence-electron chi connectivity index (χ3n) is 4.01. The maximum Gasteiger partial charge on any atom is 0.390 e. The maximum absolute atomic E-state index is 10.1. The smallest absolute Gasteiger partial charge is 0.390 e. The van der Waals surface area contributed by atoms with Gasteiger partial charge in [-0.05, 0) is 0 Å². The van der Waals surface area contributed by atoms with E-state index >= 15 is 0 Å². The van der Waals surface area contributed by atoms with Crippen molar-refractivity contribution in [2.45, 2.75) is 62.6 Å². The Balaban J connectivity index is -0.0000000990. The van der Waals surface area contributed by atoms with Crippen LogP contribution in [0, 0.1) is 19.7 Å². The number of rotatable bonds is 3. The zero-order valence-corrected chi connectivity index (χ0v) is 18.0. The predicted molar refractivity (Wildman–Crippen MR) is 106 cm³/mol. The van der Waals surface area contributed by atoms with Crippen LogP contribution in [0.5, 0.6) is 0 Å². The van der Waals surface area contributed by atoms with Crippen molar-refractivity contribution in [2.24, 2.45) is 0 Å². The summed E-state index contributed by atoms with van der Waals surface area (Å²) in [5.41, 5.74) is -3.00. The molecule has 0 bridgehead atoms. The van der Waals surface area contributed by atoms with Gasteiger partial charge in [0.1, 0.15) is 0 Å².